The summed E-state index contributed by atoms with van der Waals surface area (Å²) in [5, 5.41) is 24.3. The highest BCUT2D eigenvalue weighted by Gasteiger charge is 2.45. The number of nitrogens with one attached hydrogen (secondary N) is 1. The highest BCUT2D eigenvalue weighted by Crippen LogP contribution is 2.32. The van der Waals surface area contributed by atoms with Gasteiger partial charge in [0.05, 0.1) is 19.0 Å². The molecule has 6 atom stereocenters. The van der Waals surface area contributed by atoms with Crippen LogP contribution in [0.5, 0.6) is 0 Å². The third-order valence-electron chi connectivity index (χ3n) is 5.62. The number of fused-ring (bicyclic) bond motifs is 1. The predicted molar refractivity (Wildman–Crippen MR) is 115 cm³/mol. The summed E-state index contributed by atoms with van der Waals surface area (Å²) in [7, 11) is 0. The predicted octanol–water partition coefficient (Wildman–Crippen LogP) is -0.191. The summed E-state index contributed by atoms with van der Waals surface area (Å²) < 4.78 is 17.9. The maximum absolute atomic E-state index is 12.0. The topological polar surface area (TPSA) is 167 Å². The van der Waals surface area contributed by atoms with Crippen LogP contribution in [0.4, 0.5) is 5.82 Å². The standard InChI is InChI=1S/C19H28N6O6.CH4/c1-9(2)12(20)19(28)30-6-11-14(26)15(27)18(31-11)25-8-23-13-16(21-7-22-17(13)25)24-10-3-4-29-5-10;/h7-12,14-15,18,26-27H,3-6,20H2,1-2H3,(H,21,22,24);1H4/t10-,11-,12+,14-,15-,18-;/m1./s1. The number of imidazole rings is 1. The van der Waals surface area contributed by atoms with Gasteiger partial charge < -0.3 is 35.5 Å². The van der Waals surface area contributed by atoms with E-state index in [4.69, 9.17) is 19.9 Å². The minimum atomic E-state index is -1.27. The third kappa shape index (κ3) is 4.69. The van der Waals surface area contributed by atoms with Crippen LogP contribution in [0.25, 0.3) is 11.2 Å². The summed E-state index contributed by atoms with van der Waals surface area (Å²) in [6.07, 6.45) is -0.683. The number of nitrogens with zero attached hydrogens (tertiary/aromatic N) is 4. The highest BCUT2D eigenvalue weighted by atomic mass is 16.6. The molecule has 4 rings (SSSR count). The number of aliphatic hydroxyl groups excluding tert-OH is 2. The third-order valence-corrected chi connectivity index (χ3v) is 5.62. The van der Waals surface area contributed by atoms with Gasteiger partial charge in [-0.1, -0.05) is 21.3 Å². The number of hydrogen-bond acceptors (Lipinski definition) is 11. The first-order valence-electron chi connectivity index (χ1n) is 10.3. The van der Waals surface area contributed by atoms with E-state index in [-0.39, 0.29) is 26.0 Å². The Balaban J connectivity index is 0.00000289. The normalized spacial score (nSPS) is 28.6. The zero-order valence-electron chi connectivity index (χ0n) is 17.4. The lowest BCUT2D eigenvalue weighted by atomic mass is 10.1. The molecule has 2 aromatic heterocycles. The first kappa shape index (κ1) is 24.3. The first-order valence-corrected chi connectivity index (χ1v) is 10.3. The van der Waals surface area contributed by atoms with E-state index in [1.54, 1.807) is 0 Å². The Morgan fingerprint density at radius 1 is 1.34 bits per heavy atom. The van der Waals surface area contributed by atoms with Crippen LogP contribution in [0.3, 0.4) is 0 Å². The van der Waals surface area contributed by atoms with Crippen molar-refractivity contribution in [3.63, 3.8) is 0 Å². The van der Waals surface area contributed by atoms with Crippen molar-refractivity contribution in [2.24, 2.45) is 11.7 Å². The van der Waals surface area contributed by atoms with Crippen molar-refractivity contribution >= 4 is 23.0 Å². The minimum Gasteiger partial charge on any atom is -0.462 e. The quantitative estimate of drug-likeness (QED) is 0.411. The Hall–Kier alpha value is -2.38. The average Bonchev–Trinajstić information content (AvgIpc) is 3.47. The summed E-state index contributed by atoms with van der Waals surface area (Å²) >= 11 is 0. The van der Waals surface area contributed by atoms with Crippen molar-refractivity contribution in [3.8, 4) is 0 Å². The molecular formula is C20H32N6O6. The van der Waals surface area contributed by atoms with Crippen LogP contribution < -0.4 is 11.1 Å². The average molecular weight is 453 g/mol. The Morgan fingerprint density at radius 3 is 2.81 bits per heavy atom. The van der Waals surface area contributed by atoms with Crippen molar-refractivity contribution < 1.29 is 29.2 Å². The molecule has 2 aliphatic heterocycles. The largest absolute Gasteiger partial charge is 0.462 e. The molecule has 2 saturated heterocycles. The van der Waals surface area contributed by atoms with Crippen molar-refractivity contribution in [3.05, 3.63) is 12.7 Å². The van der Waals surface area contributed by atoms with E-state index in [1.807, 2.05) is 13.8 Å². The smallest absolute Gasteiger partial charge is 0.323 e. The van der Waals surface area contributed by atoms with Gasteiger partial charge in [-0.25, -0.2) is 15.0 Å². The summed E-state index contributed by atoms with van der Waals surface area (Å²) in [5.74, 6) is -0.118. The van der Waals surface area contributed by atoms with E-state index in [1.165, 1.54) is 17.2 Å². The summed E-state index contributed by atoms with van der Waals surface area (Å²) in [4.78, 5) is 24.9. The molecule has 0 spiro atoms. The molecule has 32 heavy (non-hydrogen) atoms. The van der Waals surface area contributed by atoms with Gasteiger partial charge >= 0.3 is 5.97 Å². The minimum absolute atomic E-state index is 0. The number of anilines is 1. The van der Waals surface area contributed by atoms with Crippen molar-refractivity contribution in [2.45, 2.75) is 64.3 Å². The number of carbonyl (C=O) groups is 1. The fourth-order valence-corrected chi connectivity index (χ4v) is 3.61. The van der Waals surface area contributed by atoms with Crippen LogP contribution in [0.15, 0.2) is 12.7 Å². The maximum Gasteiger partial charge on any atom is 0.323 e. The zero-order chi connectivity index (χ0) is 22.1. The Labute approximate surface area is 186 Å². The van der Waals surface area contributed by atoms with E-state index in [2.05, 4.69) is 20.3 Å². The van der Waals surface area contributed by atoms with Gasteiger partial charge in [0.25, 0.3) is 0 Å². The molecule has 4 heterocycles. The van der Waals surface area contributed by atoms with Crippen LogP contribution in [0.2, 0.25) is 0 Å². The lowest BCUT2D eigenvalue weighted by Gasteiger charge is -2.18. The van der Waals surface area contributed by atoms with Crippen molar-refractivity contribution in [1.82, 2.24) is 19.5 Å². The molecule has 0 radical (unpaired) electrons. The molecule has 0 aromatic carbocycles. The summed E-state index contributed by atoms with van der Waals surface area (Å²) in [5.41, 5.74) is 6.73. The number of hydrogen-bond donors (Lipinski definition) is 4. The van der Waals surface area contributed by atoms with Gasteiger partial charge in [-0.2, -0.15) is 0 Å². The Kier molecular flexibility index (Phi) is 7.62. The van der Waals surface area contributed by atoms with Crippen LogP contribution in [0, 0.1) is 5.92 Å². The number of esters is 1. The lowest BCUT2D eigenvalue weighted by molar-refractivity contribution is -0.152. The fourth-order valence-electron chi connectivity index (χ4n) is 3.61. The van der Waals surface area contributed by atoms with Gasteiger partial charge in [-0.3, -0.25) is 9.36 Å². The molecule has 0 amide bonds. The number of aliphatic hydroxyl groups is 2. The zero-order valence-corrected chi connectivity index (χ0v) is 17.4. The molecule has 2 aromatic rings. The molecule has 2 fully saturated rings. The summed E-state index contributed by atoms with van der Waals surface area (Å²) in [6.45, 7) is 4.66. The molecule has 12 nitrogen and oxygen atoms in total. The molecule has 0 aliphatic carbocycles. The van der Waals surface area contributed by atoms with E-state index < -0.39 is 36.6 Å². The second kappa shape index (κ2) is 10.0. The number of carbonyl (C=O) groups excluding carboxylic acids is 1. The first-order chi connectivity index (χ1) is 14.9. The molecular weight excluding hydrogens is 420 g/mol. The molecule has 2 aliphatic rings. The van der Waals surface area contributed by atoms with Crippen LogP contribution in [0.1, 0.15) is 33.9 Å². The SMILES string of the molecule is C.CC(C)[C@H](N)C(=O)OC[C@H]1O[C@@H](n2cnc3c(N[C@@H]4CCOC4)ncnc32)[C@H](O)[C@@H]1O. The molecule has 12 heteroatoms. The number of ether oxygens (including phenoxy) is 3. The van der Waals surface area contributed by atoms with Crippen LogP contribution in [-0.4, -0.2) is 85.9 Å². The molecule has 178 valence electrons. The summed E-state index contributed by atoms with van der Waals surface area (Å²) in [6, 6.07) is -0.639. The fraction of sp³-hybridized carbons (Fsp3) is 0.700. The number of nitrogens with two attached hydrogens (primary N) is 1. The van der Waals surface area contributed by atoms with Gasteiger partial charge in [0, 0.05) is 6.61 Å². The van der Waals surface area contributed by atoms with E-state index in [0.29, 0.717) is 30.2 Å². The lowest BCUT2D eigenvalue weighted by Crippen LogP contribution is -2.40. The van der Waals surface area contributed by atoms with E-state index in [0.717, 1.165) is 6.42 Å². The van der Waals surface area contributed by atoms with Gasteiger partial charge in [-0.05, 0) is 12.3 Å². The molecule has 0 unspecified atom stereocenters. The Morgan fingerprint density at radius 2 is 2.12 bits per heavy atom. The van der Waals surface area contributed by atoms with Crippen molar-refractivity contribution in [1.29, 1.82) is 0 Å². The van der Waals surface area contributed by atoms with E-state index in [9.17, 15) is 15.0 Å². The second-order valence-electron chi connectivity index (χ2n) is 8.20. The molecule has 0 saturated carbocycles. The van der Waals surface area contributed by atoms with Gasteiger partial charge in [0.1, 0.15) is 37.3 Å². The van der Waals surface area contributed by atoms with Gasteiger partial charge in [-0.15, -0.1) is 0 Å². The van der Waals surface area contributed by atoms with Crippen molar-refractivity contribution in [2.75, 3.05) is 25.1 Å². The highest BCUT2D eigenvalue weighted by molar-refractivity contribution is 5.82. The Bertz CT molecular complexity index is 917. The van der Waals surface area contributed by atoms with E-state index >= 15 is 0 Å². The molecule has 5 N–H and O–H groups in total. The number of rotatable bonds is 7. The van der Waals surface area contributed by atoms with Gasteiger partial charge in [0.2, 0.25) is 0 Å². The maximum atomic E-state index is 12.0. The van der Waals surface area contributed by atoms with Crippen LogP contribution in [-0.2, 0) is 19.0 Å². The second-order valence-corrected chi connectivity index (χ2v) is 8.20. The number of aromatic nitrogens is 4. The van der Waals surface area contributed by atoms with Gasteiger partial charge in [0.15, 0.2) is 23.2 Å². The van der Waals surface area contributed by atoms with Crippen LogP contribution >= 0.6 is 0 Å². The molecule has 0 bridgehead atoms. The monoisotopic (exact) mass is 452 g/mol.